The van der Waals surface area contributed by atoms with Gasteiger partial charge in [-0.05, 0) is 94.9 Å². The van der Waals surface area contributed by atoms with Gasteiger partial charge in [0.2, 0.25) is 0 Å². The number of hydrogen-bond donors (Lipinski definition) is 0. The zero-order valence-electron chi connectivity index (χ0n) is 41.5. The molecule has 15 heteroatoms. The summed E-state index contributed by atoms with van der Waals surface area (Å²) in [4.78, 5) is 28.7. The Bertz CT molecular complexity index is 2630. The Morgan fingerprint density at radius 2 is 0.571 bits per heavy atom. The lowest BCUT2D eigenvalue weighted by molar-refractivity contribution is 0.560. The molecule has 6 rings (SSSR count). The van der Waals surface area contributed by atoms with Crippen molar-refractivity contribution in [3.63, 3.8) is 0 Å². The fraction of sp³-hybridized carbons (Fsp3) is 0.500. The third-order valence-corrected chi connectivity index (χ3v) is 28.7. The van der Waals surface area contributed by atoms with Gasteiger partial charge in [-0.15, -0.1) is 0 Å². The zero-order chi connectivity index (χ0) is 47.9. The van der Waals surface area contributed by atoms with Gasteiger partial charge in [0.25, 0.3) is 0 Å². The number of aromatic nitrogens is 6. The molecular weight excluding hydrogens is 894 g/mol. The molecular formula is C48H72N6O3P6. The minimum absolute atomic E-state index is 0.0963. The van der Waals surface area contributed by atoms with Gasteiger partial charge in [0, 0.05) is 15.5 Å². The Balaban J connectivity index is 0.000000208. The lowest BCUT2D eigenvalue weighted by Gasteiger charge is -2.33. The summed E-state index contributed by atoms with van der Waals surface area (Å²) in [6, 6.07) is 23.5. The molecule has 0 amide bonds. The van der Waals surface area contributed by atoms with Gasteiger partial charge in [-0.2, -0.15) is 0 Å². The van der Waals surface area contributed by atoms with Gasteiger partial charge < -0.3 is 13.7 Å². The Morgan fingerprint density at radius 1 is 0.365 bits per heavy atom. The van der Waals surface area contributed by atoms with E-state index in [0.717, 1.165) is 65.7 Å². The minimum Gasteiger partial charge on any atom is -0.317 e. The molecule has 0 bridgehead atoms. The molecule has 0 aliphatic carbocycles. The van der Waals surface area contributed by atoms with E-state index in [9.17, 15) is 13.7 Å². The van der Waals surface area contributed by atoms with Crippen LogP contribution in [0.3, 0.4) is 0 Å². The van der Waals surface area contributed by atoms with E-state index in [1.54, 1.807) is 0 Å². The van der Waals surface area contributed by atoms with E-state index in [0.29, 0.717) is 0 Å². The molecule has 9 nitrogen and oxygen atoms in total. The van der Waals surface area contributed by atoms with Crippen LogP contribution in [0.2, 0.25) is 0 Å². The van der Waals surface area contributed by atoms with Crippen LogP contribution in [0.15, 0.2) is 72.8 Å². The Kier molecular flexibility index (Phi) is 16.5. The van der Waals surface area contributed by atoms with Gasteiger partial charge in [-0.3, -0.25) is 0 Å². The van der Waals surface area contributed by atoms with E-state index in [1.807, 2.05) is 155 Å². The van der Waals surface area contributed by atoms with E-state index in [-0.39, 0.29) is 20.6 Å². The van der Waals surface area contributed by atoms with Crippen molar-refractivity contribution in [1.82, 2.24) is 29.9 Å². The molecule has 0 N–H and O–H groups in total. The molecule has 0 aliphatic rings. The van der Waals surface area contributed by atoms with Crippen LogP contribution >= 0.6 is 45.2 Å². The second kappa shape index (κ2) is 19.5. The number of fused-ring (bicyclic) bond motifs is 3. The molecule has 3 heterocycles. The predicted molar refractivity (Wildman–Crippen MR) is 286 cm³/mol. The van der Waals surface area contributed by atoms with Crippen LogP contribution in [-0.4, -0.2) is 104 Å². The molecule has 63 heavy (non-hydrogen) atoms. The topological polar surface area (TPSA) is 129 Å². The van der Waals surface area contributed by atoms with E-state index in [4.69, 9.17) is 29.9 Å². The molecule has 0 saturated heterocycles. The van der Waals surface area contributed by atoms with Crippen molar-refractivity contribution in [3.05, 3.63) is 72.8 Å². The predicted octanol–water partition coefficient (Wildman–Crippen LogP) is 11.4. The van der Waals surface area contributed by atoms with Crippen LogP contribution in [0.25, 0.3) is 33.1 Å². The number of para-hydroxylation sites is 6. The van der Waals surface area contributed by atoms with E-state index >= 15 is 0 Å². The zero-order valence-corrected chi connectivity index (χ0v) is 46.9. The van der Waals surface area contributed by atoms with Crippen LogP contribution in [-0.2, 0) is 13.7 Å². The van der Waals surface area contributed by atoms with E-state index in [1.165, 1.54) is 0 Å². The summed E-state index contributed by atoms with van der Waals surface area (Å²) < 4.78 is 40.3. The standard InChI is InChI=1S/C18H28N2OP2.2C15H22N2OP2/c1-17(2,3)22(7)15-16(23(8,21)18(4,5)6)20-14-12-10-9-11-13(14)19-15;2*1-15(2,3)20(6,18)14-13(19(4)5)16-11-9-7-8-10-12(11)17-14/h9-12H,1-8H3;2*7-10H,1-6H3/t22-,23+;20-;/m00./s1. The Hall–Kier alpha value is -2.34. The molecule has 6 aromatic rings. The highest BCUT2D eigenvalue weighted by Crippen LogP contribution is 2.56. The average molecular weight is 967 g/mol. The first-order chi connectivity index (χ1) is 28.6. The molecule has 0 saturated carbocycles. The van der Waals surface area contributed by atoms with Crippen LogP contribution in [0, 0.1) is 0 Å². The van der Waals surface area contributed by atoms with Crippen molar-refractivity contribution in [2.24, 2.45) is 0 Å². The third kappa shape index (κ3) is 11.8. The van der Waals surface area contributed by atoms with Crippen molar-refractivity contribution >= 4 is 111 Å². The number of hydrogen-bond acceptors (Lipinski definition) is 9. The first-order valence-electron chi connectivity index (χ1n) is 21.3. The van der Waals surface area contributed by atoms with Crippen molar-refractivity contribution in [2.45, 2.75) is 104 Å². The lowest BCUT2D eigenvalue weighted by atomic mass is 10.3. The van der Waals surface area contributed by atoms with Gasteiger partial charge in [-0.1, -0.05) is 143 Å². The van der Waals surface area contributed by atoms with Gasteiger partial charge in [0.1, 0.15) is 37.7 Å². The molecule has 0 spiro atoms. The van der Waals surface area contributed by atoms with Crippen LogP contribution < -0.4 is 32.6 Å². The molecule has 0 fully saturated rings. The summed E-state index contributed by atoms with van der Waals surface area (Å²) in [6.07, 6.45) is 0. The quantitative estimate of drug-likeness (QED) is 0.150. The largest absolute Gasteiger partial charge is 0.317 e. The van der Waals surface area contributed by atoms with Gasteiger partial charge >= 0.3 is 0 Å². The molecule has 342 valence electrons. The summed E-state index contributed by atoms with van der Waals surface area (Å²) in [5.74, 6) is 0. The van der Waals surface area contributed by atoms with Gasteiger partial charge in [-0.25, -0.2) is 29.9 Å². The summed E-state index contributed by atoms with van der Waals surface area (Å²) in [7, 11) is -9.28. The maximum Gasteiger partial charge on any atom is 0.137 e. The monoisotopic (exact) mass is 966 g/mol. The third-order valence-electron chi connectivity index (χ3n) is 11.8. The summed E-state index contributed by atoms with van der Waals surface area (Å²) in [5, 5.41) is -0.833. The number of benzene rings is 3. The fourth-order valence-electron chi connectivity index (χ4n) is 5.90. The summed E-state index contributed by atoms with van der Waals surface area (Å²) in [6.45, 7) is 41.2. The molecule has 1 unspecified atom stereocenters. The maximum absolute atomic E-state index is 13.6. The second-order valence-electron chi connectivity index (χ2n) is 20.9. The van der Waals surface area contributed by atoms with Gasteiger partial charge in [0.05, 0.1) is 49.4 Å². The molecule has 3 aromatic carbocycles. The van der Waals surface area contributed by atoms with Crippen molar-refractivity contribution in [3.8, 4) is 0 Å². The summed E-state index contributed by atoms with van der Waals surface area (Å²) >= 11 is 0. The highest BCUT2D eigenvalue weighted by Gasteiger charge is 2.41. The van der Waals surface area contributed by atoms with Crippen LogP contribution in [0.4, 0.5) is 0 Å². The van der Waals surface area contributed by atoms with Gasteiger partial charge in [0.15, 0.2) is 0 Å². The SMILES string of the molecule is CP(C)c1nc2ccccc2nc1P(C)(=O)C(C)(C)C.CP(C)c1nc2ccccc2nc1[P@](C)(=O)C(C)(C)C.C[P@@](c1nc2ccccc2nc1[P@@](C)(=O)C(C)(C)C)C(C)(C)C. The van der Waals surface area contributed by atoms with Crippen molar-refractivity contribution < 1.29 is 13.7 Å². The van der Waals surface area contributed by atoms with E-state index < -0.39 is 45.2 Å². The summed E-state index contributed by atoms with van der Waals surface area (Å²) in [5.41, 5.74) is 10.1. The molecule has 4 atom stereocenters. The molecule has 3 aromatic heterocycles. The number of nitrogens with zero attached hydrogens (tertiary/aromatic N) is 6. The normalized spacial score (nSPS) is 16.1. The first-order valence-corrected chi connectivity index (χ1v) is 34.0. The highest BCUT2D eigenvalue weighted by molar-refractivity contribution is 7.76. The lowest BCUT2D eigenvalue weighted by Crippen LogP contribution is -2.38. The van der Waals surface area contributed by atoms with Crippen molar-refractivity contribution in [2.75, 3.05) is 53.3 Å². The number of rotatable bonds is 6. The minimum atomic E-state index is -2.65. The average Bonchev–Trinajstić information content (AvgIpc) is 3.17. The van der Waals surface area contributed by atoms with Crippen LogP contribution in [0.1, 0.15) is 83.1 Å². The first kappa shape index (κ1) is 53.3. The Morgan fingerprint density at radius 3 is 0.778 bits per heavy atom. The smallest absolute Gasteiger partial charge is 0.137 e. The molecule has 0 aliphatic heterocycles. The maximum atomic E-state index is 13.6. The fourth-order valence-corrected chi connectivity index (χ4v) is 16.1. The van der Waals surface area contributed by atoms with E-state index in [2.05, 4.69) is 54.1 Å². The van der Waals surface area contributed by atoms with Crippen molar-refractivity contribution in [1.29, 1.82) is 0 Å². The highest BCUT2D eigenvalue weighted by atomic mass is 31.2. The molecule has 0 radical (unpaired) electrons. The second-order valence-corrected chi connectivity index (χ2v) is 39.0. The Labute approximate surface area is 382 Å². The van der Waals surface area contributed by atoms with Crippen LogP contribution in [0.5, 0.6) is 0 Å².